The van der Waals surface area contributed by atoms with Crippen LogP contribution in [0, 0.1) is 0 Å². The first-order chi connectivity index (χ1) is 23.0. The molecular weight excluding hydrogens is 623 g/mol. The lowest BCUT2D eigenvalue weighted by Crippen LogP contribution is -2.46. The Morgan fingerprint density at radius 2 is 1.00 bits per heavy atom. The maximum atomic E-state index is 12.3. The van der Waals surface area contributed by atoms with Crippen LogP contribution in [0.2, 0.25) is 0 Å². The van der Waals surface area contributed by atoms with Crippen LogP contribution in [-0.2, 0) is 18.4 Å². The van der Waals surface area contributed by atoms with Gasteiger partial charge in [-0.05, 0) is 12.8 Å². The topological polar surface area (TPSA) is 105 Å². The summed E-state index contributed by atoms with van der Waals surface area (Å²) in [4.78, 5) is 22.3. The van der Waals surface area contributed by atoms with E-state index >= 15 is 0 Å². The summed E-state index contributed by atoms with van der Waals surface area (Å²) in [6.07, 6.45) is 34.4. The molecule has 0 saturated carbocycles. The van der Waals surface area contributed by atoms with Gasteiger partial charge in [0.1, 0.15) is 13.2 Å². The van der Waals surface area contributed by atoms with Crippen LogP contribution in [0.15, 0.2) is 0 Å². The second-order valence-corrected chi connectivity index (χ2v) is 16.8. The van der Waals surface area contributed by atoms with Crippen molar-refractivity contribution in [2.75, 3.05) is 40.9 Å². The Bertz CT molecular complexity index is 763. The minimum Gasteiger partial charge on any atom is -0.391 e. The van der Waals surface area contributed by atoms with Gasteiger partial charge in [0.15, 0.2) is 0 Å². The molecule has 0 bridgehead atoms. The molecule has 8 nitrogen and oxygen atoms in total. The number of rotatable bonds is 37. The molecule has 3 unspecified atom stereocenters. The van der Waals surface area contributed by atoms with Crippen molar-refractivity contribution in [3.8, 4) is 0 Å². The zero-order chi connectivity index (χ0) is 35.8. The monoisotopic (exact) mass is 706 g/mol. The normalized spacial score (nSPS) is 14.6. The molecule has 3 atom stereocenters. The number of aliphatic hydroxyl groups excluding tert-OH is 1. The van der Waals surface area contributed by atoms with Crippen LogP contribution in [0.3, 0.4) is 0 Å². The number of nitrogens with zero attached hydrogens (tertiary/aromatic N) is 1. The summed E-state index contributed by atoms with van der Waals surface area (Å²) in [5.41, 5.74) is 0. The van der Waals surface area contributed by atoms with E-state index in [0.29, 0.717) is 30.3 Å². The summed E-state index contributed by atoms with van der Waals surface area (Å²) in [6.45, 7) is 4.55. The van der Waals surface area contributed by atoms with Gasteiger partial charge in [0.2, 0.25) is 5.91 Å². The molecule has 48 heavy (non-hydrogen) atoms. The largest absolute Gasteiger partial charge is 0.472 e. The smallest absolute Gasteiger partial charge is 0.391 e. The van der Waals surface area contributed by atoms with Crippen LogP contribution < -0.4 is 5.32 Å². The summed E-state index contributed by atoms with van der Waals surface area (Å²) in [5, 5.41) is 13.6. The Hall–Kier alpha value is -0.500. The average molecular weight is 706 g/mol. The first-order valence-corrected chi connectivity index (χ1v) is 21.9. The van der Waals surface area contributed by atoms with Crippen molar-refractivity contribution in [3.05, 3.63) is 0 Å². The fraction of sp³-hybridized carbons (Fsp3) is 0.974. The van der Waals surface area contributed by atoms with Gasteiger partial charge < -0.3 is 19.8 Å². The van der Waals surface area contributed by atoms with Gasteiger partial charge in [-0.15, -0.1) is 0 Å². The third kappa shape index (κ3) is 34.0. The van der Waals surface area contributed by atoms with E-state index in [0.717, 1.165) is 19.3 Å². The van der Waals surface area contributed by atoms with Crippen molar-refractivity contribution in [2.24, 2.45) is 0 Å². The minimum atomic E-state index is -4.28. The van der Waals surface area contributed by atoms with Gasteiger partial charge in [-0.2, -0.15) is 0 Å². The van der Waals surface area contributed by atoms with E-state index in [1.165, 1.54) is 141 Å². The zero-order valence-corrected chi connectivity index (χ0v) is 33.4. The Balaban J connectivity index is 3.77. The SMILES string of the molecule is CCCCCCCCCCCCCCCCCCCCCCCCCCCC(O)C(COP(=O)(O)OCC[N+](C)(C)C)NC(=O)CCC. The number of nitrogens with one attached hydrogen (secondary N) is 1. The van der Waals surface area contributed by atoms with E-state index in [4.69, 9.17) is 9.05 Å². The number of phosphoric acid groups is 1. The highest BCUT2D eigenvalue weighted by molar-refractivity contribution is 7.47. The Morgan fingerprint density at radius 1 is 0.625 bits per heavy atom. The highest BCUT2D eigenvalue weighted by Gasteiger charge is 2.28. The molecule has 9 heteroatoms. The number of hydrogen-bond donors (Lipinski definition) is 3. The van der Waals surface area contributed by atoms with Gasteiger partial charge in [0.25, 0.3) is 0 Å². The van der Waals surface area contributed by atoms with E-state index in [1.807, 2.05) is 28.1 Å². The summed E-state index contributed by atoms with van der Waals surface area (Å²) in [6, 6.07) is -0.749. The number of unbranched alkanes of at least 4 members (excludes halogenated alkanes) is 24. The number of carbonyl (C=O) groups excluding carboxylic acids is 1. The van der Waals surface area contributed by atoms with E-state index in [1.54, 1.807) is 0 Å². The molecule has 0 fully saturated rings. The Morgan fingerprint density at radius 3 is 1.35 bits per heavy atom. The molecule has 288 valence electrons. The van der Waals surface area contributed by atoms with Gasteiger partial charge in [-0.1, -0.05) is 174 Å². The number of amides is 1. The molecule has 0 aromatic carbocycles. The number of quaternary nitrogens is 1. The molecule has 3 N–H and O–H groups in total. The lowest BCUT2D eigenvalue weighted by atomic mass is 10.0. The molecular formula is C39H82N2O6P+. The van der Waals surface area contributed by atoms with E-state index in [-0.39, 0.29) is 19.1 Å². The van der Waals surface area contributed by atoms with Gasteiger partial charge >= 0.3 is 7.82 Å². The summed E-state index contributed by atoms with van der Waals surface area (Å²) in [5.74, 6) is -0.196. The molecule has 0 radical (unpaired) electrons. The van der Waals surface area contributed by atoms with Crippen molar-refractivity contribution in [3.63, 3.8) is 0 Å². The lowest BCUT2D eigenvalue weighted by Gasteiger charge is -2.26. The number of hydrogen-bond acceptors (Lipinski definition) is 5. The summed E-state index contributed by atoms with van der Waals surface area (Å²) >= 11 is 0. The highest BCUT2D eigenvalue weighted by Crippen LogP contribution is 2.43. The van der Waals surface area contributed by atoms with Crippen LogP contribution in [0.1, 0.15) is 194 Å². The second kappa shape index (κ2) is 32.4. The molecule has 0 spiro atoms. The second-order valence-electron chi connectivity index (χ2n) is 15.4. The number of carbonyl (C=O) groups is 1. The molecule has 0 aromatic rings. The Kier molecular flexibility index (Phi) is 32.1. The van der Waals surface area contributed by atoms with E-state index in [9.17, 15) is 19.4 Å². The van der Waals surface area contributed by atoms with Crippen molar-refractivity contribution < 1.29 is 32.9 Å². The molecule has 0 aromatic heterocycles. The first-order valence-electron chi connectivity index (χ1n) is 20.4. The highest BCUT2D eigenvalue weighted by atomic mass is 31.2. The van der Waals surface area contributed by atoms with Gasteiger partial charge in [-0.25, -0.2) is 4.57 Å². The Labute approximate surface area is 298 Å². The molecule has 0 aliphatic rings. The maximum Gasteiger partial charge on any atom is 0.472 e. The average Bonchev–Trinajstić information content (AvgIpc) is 3.02. The van der Waals surface area contributed by atoms with Gasteiger partial charge in [0, 0.05) is 6.42 Å². The van der Waals surface area contributed by atoms with Crippen LogP contribution in [0.4, 0.5) is 0 Å². The van der Waals surface area contributed by atoms with Gasteiger partial charge in [-0.3, -0.25) is 13.8 Å². The van der Waals surface area contributed by atoms with E-state index in [2.05, 4.69) is 12.2 Å². The van der Waals surface area contributed by atoms with Crippen molar-refractivity contribution in [1.82, 2.24) is 5.32 Å². The fourth-order valence-electron chi connectivity index (χ4n) is 6.09. The van der Waals surface area contributed by atoms with Crippen molar-refractivity contribution >= 4 is 13.7 Å². The quantitative estimate of drug-likeness (QED) is 0.0338. The summed E-state index contributed by atoms with van der Waals surface area (Å²) < 4.78 is 23.2. The number of phosphoric ester groups is 1. The van der Waals surface area contributed by atoms with Crippen LogP contribution >= 0.6 is 7.82 Å². The van der Waals surface area contributed by atoms with Crippen LogP contribution in [0.25, 0.3) is 0 Å². The van der Waals surface area contributed by atoms with E-state index < -0.39 is 20.0 Å². The third-order valence-electron chi connectivity index (χ3n) is 9.33. The lowest BCUT2D eigenvalue weighted by molar-refractivity contribution is -0.870. The number of likely N-dealkylation sites (N-methyl/N-ethyl adjacent to an activating group) is 1. The minimum absolute atomic E-state index is 0.0757. The first kappa shape index (κ1) is 47.5. The molecule has 1 amide bonds. The predicted octanol–water partition coefficient (Wildman–Crippen LogP) is 10.6. The van der Waals surface area contributed by atoms with Crippen LogP contribution in [0.5, 0.6) is 0 Å². The van der Waals surface area contributed by atoms with Crippen molar-refractivity contribution in [2.45, 2.75) is 206 Å². The molecule has 0 rings (SSSR count). The zero-order valence-electron chi connectivity index (χ0n) is 32.5. The maximum absolute atomic E-state index is 12.3. The number of aliphatic hydroxyl groups is 1. The molecule has 0 aliphatic carbocycles. The molecule has 0 aliphatic heterocycles. The third-order valence-corrected chi connectivity index (χ3v) is 10.3. The standard InChI is InChI=1S/C39H81N2O6P/c1-6-8-9-10-11-12-13-14-15-16-17-18-19-20-21-22-23-24-25-26-27-28-29-30-31-33-38(42)37(40-39(43)32-7-2)36-47-48(44,45)46-35-34-41(3,4)5/h37-38,42H,6-36H2,1-5H3,(H-,40,43,44,45)/p+1. The van der Waals surface area contributed by atoms with Crippen molar-refractivity contribution in [1.29, 1.82) is 0 Å². The molecule has 0 saturated heterocycles. The predicted molar refractivity (Wildman–Crippen MR) is 203 cm³/mol. The summed E-state index contributed by atoms with van der Waals surface area (Å²) in [7, 11) is 1.62. The molecule has 0 heterocycles. The van der Waals surface area contributed by atoms with Crippen LogP contribution in [-0.4, -0.2) is 73.4 Å². The van der Waals surface area contributed by atoms with Gasteiger partial charge in [0.05, 0.1) is 39.9 Å². The fourth-order valence-corrected chi connectivity index (χ4v) is 6.83.